The molecule has 1 heterocycles. The van der Waals surface area contributed by atoms with Crippen molar-refractivity contribution in [1.29, 1.82) is 0 Å². The van der Waals surface area contributed by atoms with Crippen LogP contribution in [0.25, 0.3) is 0 Å². The van der Waals surface area contributed by atoms with Crippen LogP contribution < -0.4 is 10.6 Å². The number of rotatable bonds is 6. The minimum Gasteiger partial charge on any atom is -0.364 e. The topological polar surface area (TPSA) is 98.7 Å². The van der Waals surface area contributed by atoms with E-state index in [1.807, 2.05) is 5.32 Å². The Bertz CT molecular complexity index is 526. The highest BCUT2D eigenvalue weighted by Gasteiger charge is 2.69. The molecule has 0 spiro atoms. The van der Waals surface area contributed by atoms with Crippen molar-refractivity contribution in [2.24, 2.45) is 0 Å². The Morgan fingerprint density at radius 1 is 1.41 bits per heavy atom. The molecule has 22 heavy (non-hydrogen) atoms. The van der Waals surface area contributed by atoms with Gasteiger partial charge in [0.2, 0.25) is 15.7 Å². The third kappa shape index (κ3) is 2.86. The number of sulfonamides is 1. The van der Waals surface area contributed by atoms with E-state index in [-0.39, 0.29) is 13.1 Å². The van der Waals surface area contributed by atoms with E-state index in [4.69, 9.17) is 0 Å². The van der Waals surface area contributed by atoms with Crippen LogP contribution in [0.4, 0.5) is 22.4 Å². The molecule has 2 amide bonds. The number of halogens is 4. The van der Waals surface area contributed by atoms with E-state index in [2.05, 4.69) is 0 Å². The molecule has 0 aromatic heterocycles. The lowest BCUT2D eigenvalue weighted by Gasteiger charge is -2.44. The first kappa shape index (κ1) is 18.9. The fourth-order valence-corrected chi connectivity index (χ4v) is 4.20. The molecule has 12 heteroatoms. The van der Waals surface area contributed by atoms with Crippen molar-refractivity contribution < 1.29 is 35.9 Å². The van der Waals surface area contributed by atoms with Crippen LogP contribution >= 0.6 is 0 Å². The minimum atomic E-state index is -5.16. The highest BCUT2D eigenvalue weighted by molar-refractivity contribution is 7.89. The van der Waals surface area contributed by atoms with Crippen LogP contribution in [0.3, 0.4) is 0 Å². The van der Waals surface area contributed by atoms with E-state index in [9.17, 15) is 35.9 Å². The van der Waals surface area contributed by atoms with E-state index in [0.29, 0.717) is 0 Å². The Balaban J connectivity index is 3.40. The van der Waals surface area contributed by atoms with Crippen LogP contribution in [-0.2, 0) is 10.0 Å². The molecule has 2 atom stereocenters. The van der Waals surface area contributed by atoms with Crippen molar-refractivity contribution >= 4 is 16.1 Å². The Morgan fingerprint density at radius 3 is 2.32 bits per heavy atom. The zero-order chi connectivity index (χ0) is 17.3. The number of hydrogen-bond donors (Lipinski definition) is 3. The van der Waals surface area contributed by atoms with Crippen molar-refractivity contribution in [2.75, 3.05) is 19.6 Å². The molecule has 0 saturated carbocycles. The van der Waals surface area contributed by atoms with Crippen molar-refractivity contribution in [1.82, 2.24) is 14.9 Å². The van der Waals surface area contributed by atoms with Crippen LogP contribution in [0.5, 0.6) is 0 Å². The summed E-state index contributed by atoms with van der Waals surface area (Å²) in [6.07, 6.45) is -4.37. The van der Waals surface area contributed by atoms with Gasteiger partial charge in [0.25, 0.3) is 0 Å². The van der Waals surface area contributed by atoms with Gasteiger partial charge in [-0.15, -0.1) is 0 Å². The third-order valence-corrected chi connectivity index (χ3v) is 5.89. The van der Waals surface area contributed by atoms with Gasteiger partial charge in [0.05, 0.1) is 0 Å². The van der Waals surface area contributed by atoms with Crippen LogP contribution in [0.2, 0.25) is 0 Å². The zero-order valence-corrected chi connectivity index (χ0v) is 12.6. The number of alkyl halides is 4. The van der Waals surface area contributed by atoms with E-state index in [1.54, 1.807) is 0 Å². The van der Waals surface area contributed by atoms with Gasteiger partial charge in [-0.05, 0) is 0 Å². The number of carbonyl (C=O) groups is 1. The molecule has 130 valence electrons. The van der Waals surface area contributed by atoms with Gasteiger partial charge >= 0.3 is 18.4 Å². The molecule has 0 aromatic carbocycles. The van der Waals surface area contributed by atoms with Gasteiger partial charge in [-0.25, -0.2) is 26.3 Å². The highest BCUT2D eigenvalue weighted by atomic mass is 32.2. The molecular formula is C10H17F4N3O4S. The summed E-state index contributed by atoms with van der Waals surface area (Å²) >= 11 is 0. The summed E-state index contributed by atoms with van der Waals surface area (Å²) < 4.78 is 78.1. The summed E-state index contributed by atoms with van der Waals surface area (Å²) in [7, 11) is -4.58. The van der Waals surface area contributed by atoms with Gasteiger partial charge in [-0.2, -0.15) is 8.78 Å². The fraction of sp³-hybridized carbons (Fsp3) is 0.900. The first-order chi connectivity index (χ1) is 9.95. The van der Waals surface area contributed by atoms with E-state index < -0.39 is 45.9 Å². The quantitative estimate of drug-likeness (QED) is 0.584. The summed E-state index contributed by atoms with van der Waals surface area (Å²) in [6.45, 7) is 1.68. The van der Waals surface area contributed by atoms with Crippen molar-refractivity contribution in [3.8, 4) is 0 Å². The van der Waals surface area contributed by atoms with Gasteiger partial charge in [0.15, 0.2) is 0 Å². The van der Waals surface area contributed by atoms with Gasteiger partial charge < -0.3 is 15.7 Å². The second-order valence-corrected chi connectivity index (χ2v) is 6.76. The first-order valence-electron chi connectivity index (χ1n) is 6.38. The number of nitrogens with one attached hydrogen (secondary N) is 2. The average molecular weight is 351 g/mol. The summed E-state index contributed by atoms with van der Waals surface area (Å²) in [5, 5.41) is 10.8. The molecule has 0 radical (unpaired) electrons. The monoisotopic (exact) mass is 351 g/mol. The normalized spacial score (nSPS) is 27.0. The maximum atomic E-state index is 13.7. The number of urea groups is 1. The van der Waals surface area contributed by atoms with E-state index >= 15 is 0 Å². The second-order valence-electron chi connectivity index (χ2n) is 4.64. The molecule has 1 fully saturated rings. The Labute approximate surface area is 124 Å². The number of nitrogens with zero attached hydrogens (tertiary/aromatic N) is 1. The second kappa shape index (κ2) is 6.16. The smallest absolute Gasteiger partial charge is 0.355 e. The van der Waals surface area contributed by atoms with Crippen LogP contribution in [0, 0.1) is 0 Å². The maximum Gasteiger partial charge on any atom is 0.355 e. The molecule has 1 aliphatic rings. The zero-order valence-electron chi connectivity index (χ0n) is 11.8. The number of hydrogen-bond acceptors (Lipinski definition) is 4. The van der Waals surface area contributed by atoms with Gasteiger partial charge in [-0.1, -0.05) is 13.8 Å². The largest absolute Gasteiger partial charge is 0.364 e. The van der Waals surface area contributed by atoms with Gasteiger partial charge in [0, 0.05) is 19.6 Å². The van der Waals surface area contributed by atoms with Crippen molar-refractivity contribution in [3.05, 3.63) is 0 Å². The number of aliphatic hydroxyl groups is 1. The third-order valence-electron chi connectivity index (χ3n) is 3.43. The first-order valence-corrected chi connectivity index (χ1v) is 7.88. The average Bonchev–Trinajstić information content (AvgIpc) is 2.38. The summed E-state index contributed by atoms with van der Waals surface area (Å²) in [4.78, 5) is 11.2. The Morgan fingerprint density at radius 2 is 1.91 bits per heavy atom. The highest BCUT2D eigenvalue weighted by Crippen LogP contribution is 2.39. The predicted molar refractivity (Wildman–Crippen MR) is 68.1 cm³/mol. The molecule has 1 saturated heterocycles. The predicted octanol–water partition coefficient (Wildman–Crippen LogP) is -0.0716. The number of amides is 2. The standard InChI is InChI=1S/C10H17F4N3O4S/c1-3-17(4-2)22(20,21)6-5-15-8(18)16-10(6,19)9(13,14)7(11)12/h6-7,19H,3-5H2,1-2H3,(H2,15,16,18)/t6-,10+/m1/s1. The van der Waals surface area contributed by atoms with Crippen molar-refractivity contribution in [3.63, 3.8) is 0 Å². The summed E-state index contributed by atoms with van der Waals surface area (Å²) in [5.74, 6) is -5.16. The van der Waals surface area contributed by atoms with Gasteiger partial charge in [-0.3, -0.25) is 0 Å². The molecule has 0 aliphatic carbocycles. The molecule has 3 N–H and O–H groups in total. The number of carbonyl (C=O) groups excluding carboxylic acids is 1. The Hall–Kier alpha value is -1.14. The molecule has 0 bridgehead atoms. The van der Waals surface area contributed by atoms with Crippen LogP contribution in [0.1, 0.15) is 13.8 Å². The van der Waals surface area contributed by atoms with Crippen LogP contribution in [0.15, 0.2) is 0 Å². The lowest BCUT2D eigenvalue weighted by atomic mass is 9.99. The van der Waals surface area contributed by atoms with E-state index in [1.165, 1.54) is 19.2 Å². The minimum absolute atomic E-state index is 0.111. The molecule has 0 unspecified atom stereocenters. The Kier molecular flexibility index (Phi) is 5.30. The van der Waals surface area contributed by atoms with Crippen LogP contribution in [-0.4, -0.2) is 66.8 Å². The van der Waals surface area contributed by atoms with E-state index in [0.717, 1.165) is 4.31 Å². The van der Waals surface area contributed by atoms with Gasteiger partial charge in [0.1, 0.15) is 5.25 Å². The molecule has 7 nitrogen and oxygen atoms in total. The lowest BCUT2D eigenvalue weighted by Crippen LogP contribution is -2.78. The molecule has 1 rings (SSSR count). The molecule has 0 aromatic rings. The molecular weight excluding hydrogens is 334 g/mol. The molecule has 1 aliphatic heterocycles. The fourth-order valence-electron chi connectivity index (χ4n) is 2.18. The lowest BCUT2D eigenvalue weighted by molar-refractivity contribution is -0.252. The SMILES string of the molecule is CCN(CC)S(=O)(=O)[C@@H]1CNC(=O)N[C@@]1(O)C(F)(F)C(F)F. The van der Waals surface area contributed by atoms with Crippen molar-refractivity contribution in [2.45, 2.75) is 37.2 Å². The maximum absolute atomic E-state index is 13.7. The summed E-state index contributed by atoms with van der Waals surface area (Å²) in [5.41, 5.74) is -3.93. The summed E-state index contributed by atoms with van der Waals surface area (Å²) in [6, 6.07) is -1.37.